The molecule has 2 aromatic rings. The lowest BCUT2D eigenvalue weighted by Crippen LogP contribution is -2.03. The molecule has 0 aliphatic heterocycles. The fraction of sp³-hybridized carbons (Fsp3) is 0. The summed E-state index contributed by atoms with van der Waals surface area (Å²) in [6.45, 7) is 0. The summed E-state index contributed by atoms with van der Waals surface area (Å²) in [4.78, 5) is 10.4. The van der Waals surface area contributed by atoms with E-state index in [-0.39, 0.29) is 0 Å². The maximum atomic E-state index is 10.4. The zero-order chi connectivity index (χ0) is 13.0. The molecule has 0 N–H and O–H groups in total. The second-order valence-electron chi connectivity index (χ2n) is 3.52. The van der Waals surface area contributed by atoms with Gasteiger partial charge in [-0.1, -0.05) is 53.5 Å². The monoisotopic (exact) mass is 278 g/mol. The lowest BCUT2D eigenvalue weighted by molar-refractivity contribution is 1.21. The Labute approximate surface area is 114 Å². The van der Waals surface area contributed by atoms with Gasteiger partial charge in [-0.05, 0) is 18.2 Å². The van der Waals surface area contributed by atoms with Crippen LogP contribution in [0.2, 0.25) is 10.0 Å². The molecule has 18 heavy (non-hydrogen) atoms. The van der Waals surface area contributed by atoms with E-state index in [1.165, 1.54) is 0 Å². The number of rotatable bonds is 3. The van der Waals surface area contributed by atoms with Crippen molar-refractivity contribution in [3.05, 3.63) is 74.6 Å². The fourth-order valence-electron chi connectivity index (χ4n) is 1.57. The molecule has 0 atom stereocenters. The van der Waals surface area contributed by atoms with Crippen molar-refractivity contribution in [3.63, 3.8) is 0 Å². The van der Waals surface area contributed by atoms with Crippen molar-refractivity contribution in [2.45, 2.75) is 0 Å². The Balaban J connectivity index is 2.54. The van der Waals surface area contributed by atoms with Crippen LogP contribution in [0.3, 0.4) is 0 Å². The third kappa shape index (κ3) is 2.75. The lowest BCUT2D eigenvalue weighted by atomic mass is 10.0. The normalized spacial score (nSPS) is 11.3. The van der Waals surface area contributed by atoms with E-state index in [2.05, 4.69) is 10.4 Å². The molecule has 0 radical (unpaired) electrons. The number of nitroso groups, excluding NO2 is 1. The molecule has 90 valence electrons. The molecule has 0 amide bonds. The highest BCUT2D eigenvalue weighted by atomic mass is 35.5. The summed E-state index contributed by atoms with van der Waals surface area (Å²) in [6.07, 6.45) is 0. The van der Waals surface area contributed by atoms with Crippen LogP contribution in [0.15, 0.2) is 58.9 Å². The van der Waals surface area contributed by atoms with Crippen molar-refractivity contribution >= 4 is 28.9 Å². The Morgan fingerprint density at radius 3 is 2.22 bits per heavy atom. The molecule has 0 unspecified atom stereocenters. The highest BCUT2D eigenvalue weighted by Gasteiger charge is 2.10. The van der Waals surface area contributed by atoms with Crippen molar-refractivity contribution in [3.8, 4) is 0 Å². The van der Waals surface area contributed by atoms with Gasteiger partial charge in [0.15, 0.2) is 0 Å². The molecule has 0 spiro atoms. The van der Waals surface area contributed by atoms with Gasteiger partial charge in [-0.3, -0.25) is 0 Å². The molecule has 0 aromatic heterocycles. The minimum atomic E-state index is 0.423. The summed E-state index contributed by atoms with van der Waals surface area (Å²) in [6, 6.07) is 14.1. The molecule has 0 bridgehead atoms. The number of benzene rings is 2. The van der Waals surface area contributed by atoms with E-state index in [4.69, 9.17) is 23.2 Å². The van der Waals surface area contributed by atoms with Gasteiger partial charge in [0.1, 0.15) is 5.71 Å². The Morgan fingerprint density at radius 1 is 0.944 bits per heavy atom. The summed E-state index contributed by atoms with van der Waals surface area (Å²) < 4.78 is 0. The van der Waals surface area contributed by atoms with E-state index in [9.17, 15) is 4.91 Å². The first kappa shape index (κ1) is 12.7. The van der Waals surface area contributed by atoms with Crippen molar-refractivity contribution in [2.75, 3.05) is 0 Å². The van der Waals surface area contributed by atoms with Crippen molar-refractivity contribution in [1.82, 2.24) is 0 Å². The minimum Gasteiger partial charge on any atom is -0.123 e. The molecule has 3 nitrogen and oxygen atoms in total. The van der Waals surface area contributed by atoms with Gasteiger partial charge in [0.25, 0.3) is 0 Å². The van der Waals surface area contributed by atoms with Gasteiger partial charge in [-0.2, -0.15) is 0 Å². The predicted octanol–water partition coefficient (Wildman–Crippen LogP) is 4.51. The van der Waals surface area contributed by atoms with Gasteiger partial charge >= 0.3 is 0 Å². The fourth-order valence-corrected chi connectivity index (χ4v) is 1.92. The average molecular weight is 279 g/mol. The van der Waals surface area contributed by atoms with E-state index >= 15 is 0 Å². The summed E-state index contributed by atoms with van der Waals surface area (Å²) in [5.41, 5.74) is 1.81. The van der Waals surface area contributed by atoms with Crippen LogP contribution in [-0.2, 0) is 0 Å². The second kappa shape index (κ2) is 5.76. The Morgan fingerprint density at radius 2 is 1.61 bits per heavy atom. The Hall–Kier alpha value is -1.71. The maximum Gasteiger partial charge on any atom is 0.105 e. The lowest BCUT2D eigenvalue weighted by Gasteiger charge is -2.06. The van der Waals surface area contributed by atoms with Gasteiger partial charge in [-0.15, -0.1) is 10.0 Å². The van der Waals surface area contributed by atoms with E-state index in [0.29, 0.717) is 21.3 Å². The van der Waals surface area contributed by atoms with Crippen LogP contribution in [0, 0.1) is 4.91 Å². The predicted molar refractivity (Wildman–Crippen MR) is 74.3 cm³/mol. The molecule has 0 saturated carbocycles. The summed E-state index contributed by atoms with van der Waals surface area (Å²) >= 11 is 11.9. The standard InChI is InChI=1S/C13H8Cl2N2O/c14-10-7-5-9(6-8-10)13(16-17-18)11-3-1-2-4-12(11)15/h1-8H/b16-13-. The van der Waals surface area contributed by atoms with Crippen LogP contribution in [0.4, 0.5) is 0 Å². The number of hydrogen-bond donors (Lipinski definition) is 0. The average Bonchev–Trinajstić information content (AvgIpc) is 2.38. The molecule has 0 saturated heterocycles. The van der Waals surface area contributed by atoms with Crippen molar-refractivity contribution in [1.29, 1.82) is 0 Å². The number of nitrogens with zero attached hydrogens (tertiary/aromatic N) is 2. The van der Waals surface area contributed by atoms with Crippen molar-refractivity contribution < 1.29 is 0 Å². The van der Waals surface area contributed by atoms with Gasteiger partial charge in [0.2, 0.25) is 0 Å². The van der Waals surface area contributed by atoms with Gasteiger partial charge in [0.05, 0.1) is 10.3 Å². The minimum absolute atomic E-state index is 0.423. The van der Waals surface area contributed by atoms with Gasteiger partial charge in [0, 0.05) is 16.1 Å². The molecule has 5 heteroatoms. The SMILES string of the molecule is O=N/N=C(/c1ccc(Cl)cc1)c1ccccc1Cl. The molecule has 2 aromatic carbocycles. The molecular formula is C13H8Cl2N2O. The first-order valence-electron chi connectivity index (χ1n) is 5.13. The smallest absolute Gasteiger partial charge is 0.105 e. The van der Waals surface area contributed by atoms with Crippen LogP contribution in [0.25, 0.3) is 0 Å². The molecule has 0 aliphatic rings. The Kier molecular flexibility index (Phi) is 4.07. The second-order valence-corrected chi connectivity index (χ2v) is 4.36. The van der Waals surface area contributed by atoms with Crippen LogP contribution < -0.4 is 0 Å². The molecule has 0 aliphatic carbocycles. The van der Waals surface area contributed by atoms with Crippen LogP contribution in [0.1, 0.15) is 11.1 Å². The van der Waals surface area contributed by atoms with Gasteiger partial charge in [-0.25, -0.2) is 0 Å². The largest absolute Gasteiger partial charge is 0.123 e. The first-order valence-corrected chi connectivity index (χ1v) is 5.89. The van der Waals surface area contributed by atoms with Crippen LogP contribution in [0.5, 0.6) is 0 Å². The number of hydrogen-bond acceptors (Lipinski definition) is 2. The van der Waals surface area contributed by atoms with E-state index in [1.54, 1.807) is 42.5 Å². The van der Waals surface area contributed by atoms with E-state index in [1.807, 2.05) is 6.07 Å². The molecule has 2 rings (SSSR count). The first-order chi connectivity index (χ1) is 8.72. The van der Waals surface area contributed by atoms with Crippen molar-refractivity contribution in [2.24, 2.45) is 10.4 Å². The molecule has 0 heterocycles. The van der Waals surface area contributed by atoms with Crippen LogP contribution in [-0.4, -0.2) is 5.71 Å². The summed E-state index contributed by atoms with van der Waals surface area (Å²) in [5.74, 6) is 0. The quantitative estimate of drug-likeness (QED) is 0.463. The summed E-state index contributed by atoms with van der Waals surface area (Å²) in [7, 11) is 0. The third-order valence-electron chi connectivity index (χ3n) is 2.39. The Bertz CT molecular complexity index is 594. The molecular weight excluding hydrogens is 271 g/mol. The highest BCUT2D eigenvalue weighted by Crippen LogP contribution is 2.21. The van der Waals surface area contributed by atoms with E-state index < -0.39 is 0 Å². The number of halogens is 2. The van der Waals surface area contributed by atoms with Crippen LogP contribution >= 0.6 is 23.2 Å². The zero-order valence-corrected chi connectivity index (χ0v) is 10.7. The highest BCUT2D eigenvalue weighted by molar-refractivity contribution is 6.35. The molecule has 0 fully saturated rings. The topological polar surface area (TPSA) is 41.8 Å². The summed E-state index contributed by atoms with van der Waals surface area (Å²) in [5, 5.41) is 7.33. The zero-order valence-electron chi connectivity index (χ0n) is 9.18. The maximum absolute atomic E-state index is 10.4. The van der Waals surface area contributed by atoms with E-state index in [0.717, 1.165) is 5.56 Å². The third-order valence-corrected chi connectivity index (χ3v) is 2.97. The van der Waals surface area contributed by atoms with Gasteiger partial charge < -0.3 is 0 Å².